The first-order valence-corrected chi connectivity index (χ1v) is 13.0. The number of aromatic hydroxyl groups is 1. The van der Waals surface area contributed by atoms with Crippen molar-refractivity contribution in [1.82, 2.24) is 15.5 Å². The van der Waals surface area contributed by atoms with Crippen LogP contribution in [0.15, 0.2) is 24.3 Å². The van der Waals surface area contributed by atoms with E-state index >= 15 is 0 Å². The molecule has 2 atom stereocenters. The van der Waals surface area contributed by atoms with Crippen LogP contribution in [0.2, 0.25) is 0 Å². The molecule has 0 aliphatic rings. The van der Waals surface area contributed by atoms with Gasteiger partial charge in [0.25, 0.3) is 0 Å². The summed E-state index contributed by atoms with van der Waals surface area (Å²) in [5.41, 5.74) is 4.97. The van der Waals surface area contributed by atoms with Crippen molar-refractivity contribution in [1.29, 1.82) is 0 Å². The number of unbranched alkanes of at least 4 members (excludes halogenated alkanes) is 3. The van der Waals surface area contributed by atoms with Gasteiger partial charge in [-0.05, 0) is 57.7 Å². The molecule has 37 heavy (non-hydrogen) atoms. The van der Waals surface area contributed by atoms with Gasteiger partial charge < -0.3 is 31.1 Å². The first-order valence-electron chi connectivity index (χ1n) is 13.0. The second-order valence-electron chi connectivity index (χ2n) is 10.1. The summed E-state index contributed by atoms with van der Waals surface area (Å²) in [6.07, 6.45) is 2.97. The van der Waals surface area contributed by atoms with E-state index in [9.17, 15) is 24.3 Å². The van der Waals surface area contributed by atoms with Crippen molar-refractivity contribution < 1.29 is 29.0 Å². The minimum absolute atomic E-state index is 0.0398. The standard InChI is InChI=1S/C27H44N4O6/c1-6-8-10-17-31(23(24(34)29-16-9-7-2)19-12-11-13-20(32)18-19)25(35)21(14-15-22(28)33)30-26(36)37-27(3,4)5/h11-13,18,21,23,32H,6-10,14-17H2,1-5H3,(H2,28,33)(H,29,34)(H,30,36). The van der Waals surface area contributed by atoms with Crippen molar-refractivity contribution in [2.45, 2.75) is 97.2 Å². The van der Waals surface area contributed by atoms with Crippen LogP contribution in [0.25, 0.3) is 0 Å². The maximum absolute atomic E-state index is 13.9. The van der Waals surface area contributed by atoms with Crippen LogP contribution in [0.3, 0.4) is 0 Å². The van der Waals surface area contributed by atoms with Gasteiger partial charge in [-0.2, -0.15) is 0 Å². The molecule has 1 aromatic rings. The SMILES string of the molecule is CCCCCN(C(=O)C(CCC(N)=O)NC(=O)OC(C)(C)C)C(C(=O)NCCCC)c1cccc(O)c1. The van der Waals surface area contributed by atoms with Crippen LogP contribution in [-0.4, -0.2) is 58.6 Å². The summed E-state index contributed by atoms with van der Waals surface area (Å²) in [7, 11) is 0. The maximum atomic E-state index is 13.9. The van der Waals surface area contributed by atoms with Crippen molar-refractivity contribution >= 4 is 23.8 Å². The van der Waals surface area contributed by atoms with Gasteiger partial charge in [-0.3, -0.25) is 14.4 Å². The number of amides is 4. The smallest absolute Gasteiger partial charge is 0.408 e. The van der Waals surface area contributed by atoms with Crippen LogP contribution in [0.5, 0.6) is 5.75 Å². The highest BCUT2D eigenvalue weighted by Gasteiger charge is 2.36. The lowest BCUT2D eigenvalue weighted by molar-refractivity contribution is -0.142. The number of nitrogens with one attached hydrogen (secondary N) is 2. The molecule has 2 unspecified atom stereocenters. The number of hydrogen-bond acceptors (Lipinski definition) is 6. The number of carbonyl (C=O) groups is 4. The molecular formula is C27H44N4O6. The molecule has 0 spiro atoms. The molecule has 5 N–H and O–H groups in total. The molecule has 1 aromatic carbocycles. The molecule has 0 bridgehead atoms. The van der Waals surface area contributed by atoms with Crippen LogP contribution in [0, 0.1) is 0 Å². The van der Waals surface area contributed by atoms with Crippen molar-refractivity contribution in [2.75, 3.05) is 13.1 Å². The van der Waals surface area contributed by atoms with Crippen molar-refractivity contribution in [3.63, 3.8) is 0 Å². The Labute approximate surface area is 220 Å². The molecule has 0 saturated heterocycles. The van der Waals surface area contributed by atoms with Gasteiger partial charge in [0, 0.05) is 19.5 Å². The highest BCUT2D eigenvalue weighted by atomic mass is 16.6. The number of primary amides is 1. The number of hydrogen-bond donors (Lipinski definition) is 4. The Balaban J connectivity index is 3.45. The van der Waals surface area contributed by atoms with Crippen LogP contribution in [0.4, 0.5) is 4.79 Å². The highest BCUT2D eigenvalue weighted by molar-refractivity contribution is 5.92. The fraction of sp³-hybridized carbons (Fsp3) is 0.630. The zero-order valence-corrected chi connectivity index (χ0v) is 22.8. The second-order valence-corrected chi connectivity index (χ2v) is 10.1. The lowest BCUT2D eigenvalue weighted by Gasteiger charge is -2.34. The topological polar surface area (TPSA) is 151 Å². The Hall–Kier alpha value is -3.30. The molecule has 10 heteroatoms. The van der Waals surface area contributed by atoms with E-state index < -0.39 is 41.5 Å². The van der Waals surface area contributed by atoms with E-state index in [2.05, 4.69) is 10.6 Å². The van der Waals surface area contributed by atoms with Crippen LogP contribution < -0.4 is 16.4 Å². The van der Waals surface area contributed by atoms with E-state index in [1.165, 1.54) is 17.0 Å². The summed E-state index contributed by atoms with van der Waals surface area (Å²) < 4.78 is 5.33. The van der Waals surface area contributed by atoms with Crippen molar-refractivity contribution in [3.8, 4) is 5.75 Å². The summed E-state index contributed by atoms with van der Waals surface area (Å²) in [6, 6.07) is 4.01. The fourth-order valence-corrected chi connectivity index (χ4v) is 3.75. The molecule has 0 saturated carbocycles. The van der Waals surface area contributed by atoms with E-state index in [0.29, 0.717) is 18.5 Å². The number of nitrogens with zero attached hydrogens (tertiary/aromatic N) is 1. The van der Waals surface area contributed by atoms with Gasteiger partial charge in [-0.1, -0.05) is 45.2 Å². The monoisotopic (exact) mass is 520 g/mol. The quantitative estimate of drug-likeness (QED) is 0.260. The predicted octanol–water partition coefficient (Wildman–Crippen LogP) is 3.53. The van der Waals surface area contributed by atoms with Gasteiger partial charge >= 0.3 is 6.09 Å². The second kappa shape index (κ2) is 15.7. The van der Waals surface area contributed by atoms with Crippen molar-refractivity contribution in [3.05, 3.63) is 29.8 Å². The van der Waals surface area contributed by atoms with E-state index in [1.54, 1.807) is 32.9 Å². The molecule has 0 heterocycles. The molecule has 0 radical (unpaired) electrons. The average molecular weight is 521 g/mol. The largest absolute Gasteiger partial charge is 0.508 e. The van der Waals surface area contributed by atoms with Crippen LogP contribution in [0.1, 0.15) is 91.2 Å². The summed E-state index contributed by atoms with van der Waals surface area (Å²) >= 11 is 0. The molecule has 208 valence electrons. The van der Waals surface area contributed by atoms with Gasteiger partial charge in [-0.15, -0.1) is 0 Å². The van der Waals surface area contributed by atoms with Gasteiger partial charge in [0.1, 0.15) is 23.4 Å². The predicted molar refractivity (Wildman–Crippen MR) is 142 cm³/mol. The first-order chi connectivity index (χ1) is 17.4. The average Bonchev–Trinajstić information content (AvgIpc) is 2.79. The zero-order chi connectivity index (χ0) is 28.0. The Morgan fingerprint density at radius 2 is 1.76 bits per heavy atom. The number of benzene rings is 1. The third-order valence-electron chi connectivity index (χ3n) is 5.53. The minimum atomic E-state index is -1.15. The lowest BCUT2D eigenvalue weighted by Crippen LogP contribution is -2.53. The molecule has 0 aliphatic carbocycles. The van der Waals surface area contributed by atoms with E-state index in [0.717, 1.165) is 25.7 Å². The number of nitrogens with two attached hydrogens (primary N) is 1. The number of phenolic OH excluding ortho intramolecular Hbond substituents is 1. The number of rotatable bonds is 15. The molecular weight excluding hydrogens is 476 g/mol. The third kappa shape index (κ3) is 12.0. The normalized spacial score (nSPS) is 12.8. The van der Waals surface area contributed by atoms with Gasteiger partial charge in [0.2, 0.25) is 17.7 Å². The van der Waals surface area contributed by atoms with Crippen LogP contribution >= 0.6 is 0 Å². The number of phenols is 1. The number of ether oxygens (including phenoxy) is 1. The molecule has 10 nitrogen and oxygen atoms in total. The Morgan fingerprint density at radius 3 is 2.32 bits per heavy atom. The van der Waals surface area contributed by atoms with Gasteiger partial charge in [0.15, 0.2) is 0 Å². The minimum Gasteiger partial charge on any atom is -0.508 e. The molecule has 0 aromatic heterocycles. The van der Waals surface area contributed by atoms with E-state index in [-0.39, 0.29) is 25.1 Å². The van der Waals surface area contributed by atoms with Gasteiger partial charge in [-0.25, -0.2) is 4.79 Å². The van der Waals surface area contributed by atoms with Crippen molar-refractivity contribution in [2.24, 2.45) is 5.73 Å². The highest BCUT2D eigenvalue weighted by Crippen LogP contribution is 2.26. The molecule has 4 amide bonds. The fourth-order valence-electron chi connectivity index (χ4n) is 3.75. The lowest BCUT2D eigenvalue weighted by atomic mass is 10.0. The Kier molecular flexibility index (Phi) is 13.5. The van der Waals surface area contributed by atoms with E-state index in [1.807, 2.05) is 13.8 Å². The molecule has 1 rings (SSSR count). The Morgan fingerprint density at radius 1 is 1.08 bits per heavy atom. The first kappa shape index (κ1) is 31.7. The number of alkyl carbamates (subject to hydrolysis) is 1. The molecule has 0 fully saturated rings. The van der Waals surface area contributed by atoms with E-state index in [4.69, 9.17) is 10.5 Å². The number of carbonyl (C=O) groups excluding carboxylic acids is 4. The maximum Gasteiger partial charge on any atom is 0.408 e. The summed E-state index contributed by atoms with van der Waals surface area (Å²) in [6.45, 7) is 9.79. The van der Waals surface area contributed by atoms with Gasteiger partial charge in [0.05, 0.1) is 0 Å². The van der Waals surface area contributed by atoms with Crippen LogP contribution in [-0.2, 0) is 19.1 Å². The summed E-state index contributed by atoms with van der Waals surface area (Å²) in [4.78, 5) is 52.9. The zero-order valence-electron chi connectivity index (χ0n) is 22.8. The summed E-state index contributed by atoms with van der Waals surface area (Å²) in [5.74, 6) is -1.60. The Bertz CT molecular complexity index is 899. The summed E-state index contributed by atoms with van der Waals surface area (Å²) in [5, 5.41) is 15.6. The molecule has 0 aliphatic heterocycles. The third-order valence-corrected chi connectivity index (χ3v) is 5.53.